The Labute approximate surface area is 111 Å². The van der Waals surface area contributed by atoms with E-state index in [-0.39, 0.29) is 29.3 Å². The van der Waals surface area contributed by atoms with Gasteiger partial charge in [0.05, 0.1) is 5.02 Å². The Morgan fingerprint density at radius 3 is 2.61 bits per heavy atom. The largest absolute Gasteiger partial charge is 0.481 e. The van der Waals surface area contributed by atoms with Crippen molar-refractivity contribution in [3.8, 4) is 0 Å². The van der Waals surface area contributed by atoms with Crippen LogP contribution in [-0.2, 0) is 4.79 Å². The first-order valence-electron chi connectivity index (χ1n) is 5.79. The van der Waals surface area contributed by atoms with E-state index in [1.165, 1.54) is 0 Å². The van der Waals surface area contributed by atoms with Crippen molar-refractivity contribution in [3.05, 3.63) is 34.1 Å². The summed E-state index contributed by atoms with van der Waals surface area (Å²) in [7, 11) is 0. The van der Waals surface area contributed by atoms with Gasteiger partial charge in [-0.2, -0.15) is 0 Å². The molecule has 0 aromatic heterocycles. The van der Waals surface area contributed by atoms with E-state index in [2.05, 4.69) is 0 Å². The van der Waals surface area contributed by atoms with Gasteiger partial charge < -0.3 is 10.8 Å². The molecule has 0 aliphatic carbocycles. The van der Waals surface area contributed by atoms with E-state index in [4.69, 9.17) is 22.4 Å². The number of rotatable bonds is 5. The lowest BCUT2D eigenvalue weighted by Gasteiger charge is -2.16. The van der Waals surface area contributed by atoms with Gasteiger partial charge in [-0.25, -0.2) is 4.39 Å². The second-order valence-corrected chi connectivity index (χ2v) is 5.01. The van der Waals surface area contributed by atoms with Crippen LogP contribution in [0, 0.1) is 5.82 Å². The molecular weight excluding hydrogens is 257 g/mol. The highest BCUT2D eigenvalue weighted by molar-refractivity contribution is 6.30. The predicted octanol–water partition coefficient (Wildman–Crippen LogP) is 3.47. The van der Waals surface area contributed by atoms with Crippen molar-refractivity contribution < 1.29 is 14.3 Å². The Kier molecular flexibility index (Phi) is 5.11. The third kappa shape index (κ3) is 3.68. The summed E-state index contributed by atoms with van der Waals surface area (Å²) in [6.45, 7) is 3.94. The van der Waals surface area contributed by atoms with Crippen molar-refractivity contribution >= 4 is 17.6 Å². The van der Waals surface area contributed by atoms with Gasteiger partial charge in [0.25, 0.3) is 0 Å². The molecule has 0 amide bonds. The fourth-order valence-corrected chi connectivity index (χ4v) is 1.90. The maximum atomic E-state index is 13.9. The summed E-state index contributed by atoms with van der Waals surface area (Å²) in [6, 6.07) is 2.59. The minimum absolute atomic E-state index is 0.0296. The lowest BCUT2D eigenvalue weighted by molar-refractivity contribution is -0.137. The Bertz CT molecular complexity index is 449. The Morgan fingerprint density at radius 1 is 1.50 bits per heavy atom. The highest BCUT2D eigenvalue weighted by atomic mass is 35.5. The van der Waals surface area contributed by atoms with Crippen molar-refractivity contribution in [1.82, 2.24) is 0 Å². The fraction of sp³-hybridized carbons (Fsp3) is 0.462. The molecule has 0 saturated carbocycles. The lowest BCUT2D eigenvalue weighted by Crippen LogP contribution is -2.14. The van der Waals surface area contributed by atoms with Gasteiger partial charge in [-0.1, -0.05) is 31.5 Å². The molecule has 5 heteroatoms. The van der Waals surface area contributed by atoms with Crippen molar-refractivity contribution in [1.29, 1.82) is 0 Å². The van der Waals surface area contributed by atoms with Gasteiger partial charge in [0.15, 0.2) is 0 Å². The zero-order valence-electron chi connectivity index (χ0n) is 10.4. The second kappa shape index (κ2) is 6.16. The monoisotopic (exact) mass is 273 g/mol. The molecule has 18 heavy (non-hydrogen) atoms. The first-order valence-corrected chi connectivity index (χ1v) is 6.17. The van der Waals surface area contributed by atoms with Gasteiger partial charge >= 0.3 is 5.97 Å². The molecule has 1 aromatic carbocycles. The number of carbonyl (C=O) groups is 1. The summed E-state index contributed by atoms with van der Waals surface area (Å²) < 4.78 is 13.9. The number of carboxylic acid groups (broad SMARTS) is 1. The molecule has 0 aliphatic rings. The summed E-state index contributed by atoms with van der Waals surface area (Å²) in [4.78, 5) is 10.5. The minimum Gasteiger partial charge on any atom is -0.481 e. The molecule has 0 spiro atoms. The van der Waals surface area contributed by atoms with Crippen LogP contribution < -0.4 is 5.73 Å². The number of benzene rings is 1. The van der Waals surface area contributed by atoms with E-state index in [0.717, 1.165) is 5.56 Å². The van der Waals surface area contributed by atoms with Crippen LogP contribution in [0.3, 0.4) is 0 Å². The Balaban J connectivity index is 3.02. The van der Waals surface area contributed by atoms with E-state index in [9.17, 15) is 9.18 Å². The van der Waals surface area contributed by atoms with Crippen molar-refractivity contribution in [3.63, 3.8) is 0 Å². The maximum Gasteiger partial charge on any atom is 0.303 e. The lowest BCUT2D eigenvalue weighted by atomic mass is 9.95. The molecule has 1 rings (SSSR count). The van der Waals surface area contributed by atoms with Crippen molar-refractivity contribution in [2.24, 2.45) is 5.73 Å². The van der Waals surface area contributed by atoms with Gasteiger partial charge in [-0.15, -0.1) is 0 Å². The SMILES string of the molecule is CC(C)c1cc(Cl)c(F)c(C(N)CCC(=O)O)c1. The molecule has 0 saturated heterocycles. The molecule has 0 fully saturated rings. The van der Waals surface area contributed by atoms with E-state index in [1.54, 1.807) is 12.1 Å². The van der Waals surface area contributed by atoms with Gasteiger partial charge in [0.2, 0.25) is 0 Å². The van der Waals surface area contributed by atoms with Gasteiger partial charge in [0.1, 0.15) is 5.82 Å². The first kappa shape index (κ1) is 14.9. The summed E-state index contributed by atoms with van der Waals surface area (Å²) in [6.07, 6.45) is 0.0915. The highest BCUT2D eigenvalue weighted by Gasteiger charge is 2.17. The van der Waals surface area contributed by atoms with Crippen LogP contribution >= 0.6 is 11.6 Å². The van der Waals surface area contributed by atoms with Gasteiger partial charge in [0, 0.05) is 18.0 Å². The third-order valence-electron chi connectivity index (χ3n) is 2.81. The Morgan fingerprint density at radius 2 is 2.11 bits per heavy atom. The average Bonchev–Trinajstić information content (AvgIpc) is 2.29. The van der Waals surface area contributed by atoms with Crippen LogP contribution in [0.4, 0.5) is 4.39 Å². The summed E-state index contributed by atoms with van der Waals surface area (Å²) in [5.41, 5.74) is 7.00. The normalized spacial score (nSPS) is 12.8. The number of hydrogen-bond donors (Lipinski definition) is 2. The number of halogens is 2. The average molecular weight is 274 g/mol. The van der Waals surface area contributed by atoms with Crippen molar-refractivity contribution in [2.75, 3.05) is 0 Å². The van der Waals surface area contributed by atoms with Gasteiger partial charge in [-0.3, -0.25) is 4.79 Å². The van der Waals surface area contributed by atoms with Crippen LogP contribution in [0.5, 0.6) is 0 Å². The molecule has 1 atom stereocenters. The number of carboxylic acids is 1. The molecule has 3 N–H and O–H groups in total. The third-order valence-corrected chi connectivity index (χ3v) is 3.09. The van der Waals surface area contributed by atoms with Crippen molar-refractivity contribution in [2.45, 2.75) is 38.6 Å². The van der Waals surface area contributed by atoms with Gasteiger partial charge in [-0.05, 0) is 24.0 Å². The molecule has 0 heterocycles. The molecule has 0 radical (unpaired) electrons. The molecular formula is C13H17ClFNO2. The fourth-order valence-electron chi connectivity index (χ4n) is 1.67. The van der Waals surface area contributed by atoms with Crippen LogP contribution in [0.2, 0.25) is 5.02 Å². The molecule has 0 bridgehead atoms. The highest BCUT2D eigenvalue weighted by Crippen LogP contribution is 2.29. The first-order chi connectivity index (χ1) is 8.32. The van der Waals surface area contributed by atoms with Crippen LogP contribution in [0.1, 0.15) is 49.8 Å². The summed E-state index contributed by atoms with van der Waals surface area (Å²) in [5, 5.41) is 8.63. The summed E-state index contributed by atoms with van der Waals surface area (Å²) in [5.74, 6) is -1.30. The number of hydrogen-bond acceptors (Lipinski definition) is 2. The number of aliphatic carboxylic acids is 1. The van der Waals surface area contributed by atoms with Crippen LogP contribution in [0.15, 0.2) is 12.1 Å². The second-order valence-electron chi connectivity index (χ2n) is 4.60. The molecule has 1 unspecified atom stereocenters. The topological polar surface area (TPSA) is 63.3 Å². The van der Waals surface area contributed by atoms with E-state index >= 15 is 0 Å². The molecule has 0 aliphatic heterocycles. The smallest absolute Gasteiger partial charge is 0.303 e. The number of nitrogens with two attached hydrogens (primary N) is 1. The summed E-state index contributed by atoms with van der Waals surface area (Å²) >= 11 is 5.82. The molecule has 1 aromatic rings. The maximum absolute atomic E-state index is 13.9. The van der Waals surface area contributed by atoms with E-state index < -0.39 is 17.8 Å². The van der Waals surface area contributed by atoms with Crippen LogP contribution in [0.25, 0.3) is 0 Å². The van der Waals surface area contributed by atoms with E-state index in [1.807, 2.05) is 13.8 Å². The zero-order chi connectivity index (χ0) is 13.9. The molecule has 100 valence electrons. The standard InChI is InChI=1S/C13H17ClFNO2/c1-7(2)8-5-9(13(15)10(14)6-8)11(16)3-4-12(17)18/h5-7,11H,3-4,16H2,1-2H3,(H,17,18). The van der Waals surface area contributed by atoms with E-state index in [0.29, 0.717) is 0 Å². The van der Waals surface area contributed by atoms with Crippen LogP contribution in [-0.4, -0.2) is 11.1 Å². The zero-order valence-corrected chi connectivity index (χ0v) is 11.2. The minimum atomic E-state index is -0.947. The Hall–Kier alpha value is -1.13. The predicted molar refractivity (Wildman–Crippen MR) is 69.3 cm³/mol. The quantitative estimate of drug-likeness (QED) is 0.863. The molecule has 3 nitrogen and oxygen atoms in total.